The van der Waals surface area contributed by atoms with E-state index in [-0.39, 0.29) is 12.0 Å². The zero-order chi connectivity index (χ0) is 18.5. The van der Waals surface area contributed by atoms with Crippen molar-refractivity contribution in [2.45, 2.75) is 19.4 Å². The van der Waals surface area contributed by atoms with Crippen molar-refractivity contribution in [3.8, 4) is 11.5 Å². The van der Waals surface area contributed by atoms with Gasteiger partial charge in [0, 0.05) is 13.6 Å². The van der Waals surface area contributed by atoms with Crippen LogP contribution >= 0.6 is 0 Å². The summed E-state index contributed by atoms with van der Waals surface area (Å²) >= 11 is 0. The van der Waals surface area contributed by atoms with Crippen LogP contribution in [-0.4, -0.2) is 50.7 Å². The van der Waals surface area contributed by atoms with Crippen LogP contribution in [0.3, 0.4) is 0 Å². The SMILES string of the molecule is CCN1C[C@@H](CN(C)C(=O)Cc2ccc(OC)cc2)Oc2ccccc21. The lowest BCUT2D eigenvalue weighted by Gasteiger charge is -2.37. The molecular weight excluding hydrogens is 328 g/mol. The van der Waals surface area contributed by atoms with Crippen LogP contribution in [0.1, 0.15) is 12.5 Å². The minimum atomic E-state index is -0.0327. The molecule has 0 radical (unpaired) electrons. The van der Waals surface area contributed by atoms with E-state index in [9.17, 15) is 4.79 Å². The number of carbonyl (C=O) groups excluding carboxylic acids is 1. The number of likely N-dealkylation sites (N-methyl/N-ethyl adjacent to an activating group) is 2. The summed E-state index contributed by atoms with van der Waals surface area (Å²) < 4.78 is 11.3. The van der Waals surface area contributed by atoms with Crippen molar-refractivity contribution in [2.75, 3.05) is 38.7 Å². The fourth-order valence-corrected chi connectivity index (χ4v) is 3.23. The van der Waals surface area contributed by atoms with E-state index in [4.69, 9.17) is 9.47 Å². The Kier molecular flexibility index (Phi) is 5.66. The average molecular weight is 354 g/mol. The molecule has 1 aliphatic heterocycles. The molecule has 0 bridgehead atoms. The largest absolute Gasteiger partial charge is 0.497 e. The van der Waals surface area contributed by atoms with Gasteiger partial charge in [0.1, 0.15) is 17.6 Å². The Balaban J connectivity index is 1.60. The quantitative estimate of drug-likeness (QED) is 0.800. The molecule has 1 amide bonds. The summed E-state index contributed by atoms with van der Waals surface area (Å²) in [5, 5.41) is 0. The van der Waals surface area contributed by atoms with Crippen LogP contribution in [0.2, 0.25) is 0 Å². The lowest BCUT2D eigenvalue weighted by atomic mass is 10.1. The average Bonchev–Trinajstić information content (AvgIpc) is 2.67. The lowest BCUT2D eigenvalue weighted by Crippen LogP contribution is -2.47. The summed E-state index contributed by atoms with van der Waals surface area (Å²) in [4.78, 5) is 16.6. The van der Waals surface area contributed by atoms with Gasteiger partial charge in [0.25, 0.3) is 0 Å². The molecule has 0 saturated carbocycles. The van der Waals surface area contributed by atoms with Gasteiger partial charge in [-0.3, -0.25) is 4.79 Å². The third-order valence-corrected chi connectivity index (χ3v) is 4.72. The summed E-state index contributed by atoms with van der Waals surface area (Å²) in [6.45, 7) is 4.41. The third-order valence-electron chi connectivity index (χ3n) is 4.72. The highest BCUT2D eigenvalue weighted by Crippen LogP contribution is 2.32. The van der Waals surface area contributed by atoms with E-state index in [0.717, 1.165) is 35.8 Å². The normalized spacial score (nSPS) is 15.8. The molecule has 138 valence electrons. The number of hydrogen-bond donors (Lipinski definition) is 0. The summed E-state index contributed by atoms with van der Waals surface area (Å²) in [6, 6.07) is 15.7. The van der Waals surface area contributed by atoms with Crippen LogP contribution in [0.25, 0.3) is 0 Å². The minimum absolute atomic E-state index is 0.0327. The van der Waals surface area contributed by atoms with Crippen LogP contribution in [-0.2, 0) is 11.2 Å². The molecule has 0 unspecified atom stereocenters. The number of methoxy groups -OCH3 is 1. The van der Waals surface area contributed by atoms with E-state index in [0.29, 0.717) is 13.0 Å². The van der Waals surface area contributed by atoms with Gasteiger partial charge in [-0.1, -0.05) is 24.3 Å². The monoisotopic (exact) mass is 354 g/mol. The first kappa shape index (κ1) is 18.1. The second kappa shape index (κ2) is 8.13. The molecule has 5 nitrogen and oxygen atoms in total. The first-order valence-electron chi connectivity index (χ1n) is 8.98. The van der Waals surface area contributed by atoms with Crippen LogP contribution in [0.15, 0.2) is 48.5 Å². The lowest BCUT2D eigenvalue weighted by molar-refractivity contribution is -0.130. The molecule has 0 saturated heterocycles. The smallest absolute Gasteiger partial charge is 0.226 e. The summed E-state index contributed by atoms with van der Waals surface area (Å²) in [7, 11) is 3.47. The van der Waals surface area contributed by atoms with Crippen LogP contribution in [0.5, 0.6) is 11.5 Å². The van der Waals surface area contributed by atoms with Crippen molar-refractivity contribution in [1.82, 2.24) is 4.90 Å². The maximum atomic E-state index is 12.6. The zero-order valence-corrected chi connectivity index (χ0v) is 15.6. The molecule has 0 fully saturated rings. The minimum Gasteiger partial charge on any atom is -0.497 e. The number of ether oxygens (including phenoxy) is 2. The van der Waals surface area contributed by atoms with Gasteiger partial charge in [0.2, 0.25) is 5.91 Å². The fourth-order valence-electron chi connectivity index (χ4n) is 3.23. The van der Waals surface area contributed by atoms with Crippen LogP contribution in [0, 0.1) is 0 Å². The van der Waals surface area contributed by atoms with Gasteiger partial charge >= 0.3 is 0 Å². The number of benzene rings is 2. The molecule has 0 aliphatic carbocycles. The maximum Gasteiger partial charge on any atom is 0.226 e. The van der Waals surface area contributed by atoms with Gasteiger partial charge in [-0.05, 0) is 36.8 Å². The van der Waals surface area contributed by atoms with Gasteiger partial charge in [-0.15, -0.1) is 0 Å². The number of fused-ring (bicyclic) bond motifs is 1. The summed E-state index contributed by atoms with van der Waals surface area (Å²) in [6.07, 6.45) is 0.344. The first-order chi connectivity index (χ1) is 12.6. The molecule has 0 aromatic heterocycles. The van der Waals surface area contributed by atoms with E-state index in [2.05, 4.69) is 17.9 Å². The number of anilines is 1. The highest BCUT2D eigenvalue weighted by molar-refractivity contribution is 5.78. The molecule has 3 rings (SSSR count). The predicted octanol–water partition coefficient (Wildman–Crippen LogP) is 2.98. The number of nitrogens with zero attached hydrogens (tertiary/aromatic N) is 2. The van der Waals surface area contributed by atoms with Crippen molar-refractivity contribution >= 4 is 11.6 Å². The van der Waals surface area contributed by atoms with E-state index >= 15 is 0 Å². The number of rotatable bonds is 6. The molecule has 0 spiro atoms. The number of carbonyl (C=O) groups is 1. The molecule has 26 heavy (non-hydrogen) atoms. The molecule has 1 aliphatic rings. The maximum absolute atomic E-state index is 12.6. The second-order valence-electron chi connectivity index (χ2n) is 6.55. The first-order valence-corrected chi connectivity index (χ1v) is 8.98. The van der Waals surface area contributed by atoms with Gasteiger partial charge in [0.15, 0.2) is 0 Å². The fraction of sp³-hybridized carbons (Fsp3) is 0.381. The Hall–Kier alpha value is -2.69. The Labute approximate surface area is 155 Å². The molecule has 0 N–H and O–H groups in total. The van der Waals surface area contributed by atoms with Gasteiger partial charge in [-0.25, -0.2) is 0 Å². The summed E-state index contributed by atoms with van der Waals surface area (Å²) in [5.41, 5.74) is 2.10. The predicted molar refractivity (Wildman–Crippen MR) is 103 cm³/mol. The third kappa shape index (κ3) is 4.10. The van der Waals surface area contributed by atoms with E-state index < -0.39 is 0 Å². The summed E-state index contributed by atoms with van der Waals surface area (Å²) in [5.74, 6) is 1.77. The molecule has 1 atom stereocenters. The Morgan fingerprint density at radius 1 is 1.23 bits per heavy atom. The topological polar surface area (TPSA) is 42.0 Å². The second-order valence-corrected chi connectivity index (χ2v) is 6.55. The highest BCUT2D eigenvalue weighted by atomic mass is 16.5. The Morgan fingerprint density at radius 3 is 2.65 bits per heavy atom. The van der Waals surface area contributed by atoms with Gasteiger partial charge < -0.3 is 19.3 Å². The number of amides is 1. The van der Waals surface area contributed by atoms with Gasteiger partial charge in [0.05, 0.1) is 32.3 Å². The highest BCUT2D eigenvalue weighted by Gasteiger charge is 2.26. The van der Waals surface area contributed by atoms with E-state index in [1.165, 1.54) is 0 Å². The van der Waals surface area contributed by atoms with Crippen LogP contribution < -0.4 is 14.4 Å². The van der Waals surface area contributed by atoms with Crippen LogP contribution in [0.4, 0.5) is 5.69 Å². The Bertz CT molecular complexity index is 745. The van der Waals surface area contributed by atoms with E-state index in [1.54, 1.807) is 12.0 Å². The van der Waals surface area contributed by atoms with Crippen molar-refractivity contribution in [2.24, 2.45) is 0 Å². The molecule has 2 aromatic carbocycles. The van der Waals surface area contributed by atoms with Crippen molar-refractivity contribution in [3.63, 3.8) is 0 Å². The molecule has 1 heterocycles. The van der Waals surface area contributed by atoms with Crippen molar-refractivity contribution < 1.29 is 14.3 Å². The standard InChI is InChI=1S/C21H26N2O3/c1-4-23-15-18(26-20-8-6-5-7-19(20)23)14-22(2)21(24)13-16-9-11-17(25-3)12-10-16/h5-12,18H,4,13-15H2,1-3H3/t18-/m1/s1. The van der Waals surface area contributed by atoms with Gasteiger partial charge in [-0.2, -0.15) is 0 Å². The van der Waals surface area contributed by atoms with E-state index in [1.807, 2.05) is 49.5 Å². The molecule has 5 heteroatoms. The Morgan fingerprint density at radius 2 is 1.96 bits per heavy atom. The zero-order valence-electron chi connectivity index (χ0n) is 15.6. The van der Waals surface area contributed by atoms with Crippen molar-refractivity contribution in [3.05, 3.63) is 54.1 Å². The number of para-hydroxylation sites is 2. The van der Waals surface area contributed by atoms with Crippen molar-refractivity contribution in [1.29, 1.82) is 0 Å². The molecule has 2 aromatic rings. The number of hydrogen-bond acceptors (Lipinski definition) is 4. The molecular formula is C21H26N2O3.